The van der Waals surface area contributed by atoms with Crippen molar-refractivity contribution in [2.45, 2.75) is 102 Å². The summed E-state index contributed by atoms with van der Waals surface area (Å²) in [4.78, 5) is 34.8. The van der Waals surface area contributed by atoms with Gasteiger partial charge >= 0.3 is 5.97 Å². The van der Waals surface area contributed by atoms with Gasteiger partial charge in [0.05, 0.1) is 12.7 Å². The molecule has 0 radical (unpaired) electrons. The highest BCUT2D eigenvalue weighted by Gasteiger charge is 2.34. The molecule has 0 aromatic carbocycles. The van der Waals surface area contributed by atoms with Gasteiger partial charge in [-0.1, -0.05) is 45.1 Å². The van der Waals surface area contributed by atoms with Gasteiger partial charge in [0.1, 0.15) is 5.78 Å². The Hall–Kier alpha value is -1.49. The van der Waals surface area contributed by atoms with E-state index in [1.165, 1.54) is 7.11 Å². The van der Waals surface area contributed by atoms with Gasteiger partial charge in [0.2, 0.25) is 5.78 Å². The molecule has 1 unspecified atom stereocenters. The molecule has 0 heterocycles. The molecule has 1 aliphatic rings. The maximum absolute atomic E-state index is 12.3. The smallest absolute Gasteiger partial charge is 0.374 e. The Balaban J connectivity index is 2.33. The van der Waals surface area contributed by atoms with Gasteiger partial charge in [-0.3, -0.25) is 9.59 Å². The molecule has 29 heavy (non-hydrogen) atoms. The van der Waals surface area contributed by atoms with Crippen LogP contribution in [0.2, 0.25) is 0 Å². The number of aliphatic hydroxyl groups is 1. The van der Waals surface area contributed by atoms with Crippen molar-refractivity contribution in [1.82, 2.24) is 0 Å². The fourth-order valence-corrected chi connectivity index (χ4v) is 4.44. The molecule has 1 saturated carbocycles. The van der Waals surface area contributed by atoms with Crippen LogP contribution in [0.1, 0.15) is 96.8 Å². The molecule has 3 atom stereocenters. The molecule has 0 aromatic heterocycles. The predicted molar refractivity (Wildman–Crippen MR) is 114 cm³/mol. The minimum Gasteiger partial charge on any atom is -0.463 e. The Morgan fingerprint density at radius 2 is 1.86 bits per heavy atom. The zero-order valence-electron chi connectivity index (χ0n) is 18.4. The third-order valence-electron chi connectivity index (χ3n) is 6.35. The molecule has 1 fully saturated rings. The number of hydrogen-bond acceptors (Lipinski definition) is 5. The first-order valence-corrected chi connectivity index (χ1v) is 11.4. The Morgan fingerprint density at radius 1 is 1.14 bits per heavy atom. The second-order valence-electron chi connectivity index (χ2n) is 8.54. The maximum Gasteiger partial charge on any atom is 0.374 e. The lowest BCUT2D eigenvalue weighted by atomic mass is 9.84. The number of methoxy groups -OCH3 is 1. The lowest BCUT2D eigenvalue weighted by Crippen LogP contribution is -2.26. The molecule has 0 aliphatic heterocycles. The number of unbranched alkanes of at least 4 members (excludes halogenated alkanes) is 4. The van der Waals surface area contributed by atoms with E-state index in [2.05, 4.69) is 18.2 Å². The highest BCUT2D eigenvalue weighted by molar-refractivity contribution is 6.33. The first kappa shape index (κ1) is 25.5. The number of ether oxygens (including phenoxy) is 1. The van der Waals surface area contributed by atoms with E-state index in [0.717, 1.165) is 64.2 Å². The van der Waals surface area contributed by atoms with Crippen molar-refractivity contribution in [2.75, 3.05) is 7.11 Å². The largest absolute Gasteiger partial charge is 0.463 e. The van der Waals surface area contributed by atoms with Crippen LogP contribution in [0.25, 0.3) is 0 Å². The first-order chi connectivity index (χ1) is 13.9. The van der Waals surface area contributed by atoms with Gasteiger partial charge in [0.25, 0.3) is 0 Å². The molecule has 166 valence electrons. The molecular weight excluding hydrogens is 368 g/mol. The molecule has 0 amide bonds. The van der Waals surface area contributed by atoms with Crippen LogP contribution in [-0.4, -0.2) is 35.4 Å². The molecular formula is C24H40O5. The number of Topliss-reactive ketones (excluding diaryl/α,β-unsaturated/α-hetero) is 2. The second kappa shape index (κ2) is 13.7. The van der Waals surface area contributed by atoms with Crippen LogP contribution in [0.4, 0.5) is 0 Å². The third-order valence-corrected chi connectivity index (χ3v) is 6.35. The van der Waals surface area contributed by atoms with Crippen molar-refractivity contribution >= 4 is 17.5 Å². The highest BCUT2D eigenvalue weighted by atomic mass is 16.5. The first-order valence-electron chi connectivity index (χ1n) is 11.4. The van der Waals surface area contributed by atoms with Crippen LogP contribution in [0.15, 0.2) is 12.7 Å². The number of carbonyl (C=O) groups excluding carboxylic acids is 3. The van der Waals surface area contributed by atoms with Crippen LogP contribution in [0, 0.1) is 11.8 Å². The van der Waals surface area contributed by atoms with E-state index >= 15 is 0 Å². The van der Waals surface area contributed by atoms with Crippen LogP contribution in [0.5, 0.6) is 0 Å². The van der Waals surface area contributed by atoms with Gasteiger partial charge < -0.3 is 9.84 Å². The van der Waals surface area contributed by atoms with Crippen molar-refractivity contribution in [3.05, 3.63) is 12.7 Å². The maximum atomic E-state index is 12.3. The number of ketones is 2. The molecule has 0 aromatic rings. The second-order valence-corrected chi connectivity index (χ2v) is 8.54. The van der Waals surface area contributed by atoms with Crippen molar-refractivity contribution in [3.63, 3.8) is 0 Å². The van der Waals surface area contributed by atoms with E-state index in [-0.39, 0.29) is 12.3 Å². The highest BCUT2D eigenvalue weighted by Crippen LogP contribution is 2.37. The summed E-state index contributed by atoms with van der Waals surface area (Å²) < 4.78 is 4.42. The molecule has 1 rings (SSSR count). The van der Waals surface area contributed by atoms with Gasteiger partial charge in [0.15, 0.2) is 0 Å². The molecule has 5 nitrogen and oxygen atoms in total. The van der Waals surface area contributed by atoms with E-state index < -0.39 is 17.4 Å². The van der Waals surface area contributed by atoms with Gasteiger partial charge in [-0.15, -0.1) is 6.58 Å². The summed E-state index contributed by atoms with van der Waals surface area (Å²) in [7, 11) is 1.22. The summed E-state index contributed by atoms with van der Waals surface area (Å²) in [6, 6.07) is 0. The van der Waals surface area contributed by atoms with Crippen LogP contribution < -0.4 is 0 Å². The zero-order chi connectivity index (χ0) is 21.7. The Morgan fingerprint density at radius 3 is 2.52 bits per heavy atom. The number of rotatable bonds is 16. The number of carbonyl (C=O) groups is 3. The summed E-state index contributed by atoms with van der Waals surface area (Å²) >= 11 is 0. The van der Waals surface area contributed by atoms with Crippen molar-refractivity contribution in [1.29, 1.82) is 0 Å². The van der Waals surface area contributed by atoms with E-state index in [1.807, 2.05) is 0 Å². The molecule has 5 heteroatoms. The fraction of sp³-hybridized carbons (Fsp3) is 0.792. The van der Waals surface area contributed by atoms with Gasteiger partial charge in [-0.05, 0) is 50.9 Å². The van der Waals surface area contributed by atoms with Crippen LogP contribution in [0.3, 0.4) is 0 Å². The van der Waals surface area contributed by atoms with E-state index in [0.29, 0.717) is 31.0 Å². The molecule has 0 saturated heterocycles. The van der Waals surface area contributed by atoms with E-state index in [4.69, 9.17) is 0 Å². The summed E-state index contributed by atoms with van der Waals surface area (Å²) in [5.41, 5.74) is -0.778. The van der Waals surface area contributed by atoms with E-state index in [9.17, 15) is 19.5 Å². The third kappa shape index (κ3) is 9.24. The van der Waals surface area contributed by atoms with Crippen molar-refractivity contribution in [3.8, 4) is 0 Å². The monoisotopic (exact) mass is 408 g/mol. The molecule has 1 N–H and O–H groups in total. The van der Waals surface area contributed by atoms with E-state index in [1.54, 1.807) is 6.08 Å². The fourth-order valence-electron chi connectivity index (χ4n) is 4.44. The van der Waals surface area contributed by atoms with Gasteiger partial charge in [0, 0.05) is 18.8 Å². The number of esters is 1. The quantitative estimate of drug-likeness (QED) is 0.169. The minimum absolute atomic E-state index is 0.114. The summed E-state index contributed by atoms with van der Waals surface area (Å²) in [6.07, 6.45) is 13.4. The Bertz CT molecular complexity index is 541. The Kier molecular flexibility index (Phi) is 12.1. The summed E-state index contributed by atoms with van der Waals surface area (Å²) in [5, 5.41) is 10.7. The molecule has 0 spiro atoms. The molecule has 1 aliphatic carbocycles. The van der Waals surface area contributed by atoms with Crippen molar-refractivity contribution < 1.29 is 24.2 Å². The topological polar surface area (TPSA) is 80.7 Å². The predicted octanol–water partition coefficient (Wildman–Crippen LogP) is 4.94. The zero-order valence-corrected chi connectivity index (χ0v) is 18.4. The average molecular weight is 409 g/mol. The lowest BCUT2D eigenvalue weighted by molar-refractivity contribution is -0.151. The van der Waals surface area contributed by atoms with Crippen molar-refractivity contribution in [2.24, 2.45) is 11.8 Å². The average Bonchev–Trinajstić information content (AvgIpc) is 3.06. The van der Waals surface area contributed by atoms with Crippen LogP contribution >= 0.6 is 0 Å². The SMILES string of the molecule is C=CC(O)(CCCCC)CCC[C@H]1CCC(=O)[C@@H]1CCCCCC(=O)C(=O)OC. The standard InChI is InChI=1S/C24H40O5/c1-4-6-10-17-24(28,5-2)18-11-12-19-15-16-21(25)20(19)13-8-7-9-14-22(26)23(27)29-3/h5,19-20,28H,2,4,6-18H2,1,3H3/t19-,20+,24?/m0/s1. The summed E-state index contributed by atoms with van der Waals surface area (Å²) in [5.74, 6) is -0.365. The van der Waals surface area contributed by atoms with Crippen LogP contribution in [-0.2, 0) is 19.1 Å². The van der Waals surface area contributed by atoms with Gasteiger partial charge in [-0.2, -0.15) is 0 Å². The minimum atomic E-state index is -0.778. The Labute approximate surface area is 176 Å². The summed E-state index contributed by atoms with van der Waals surface area (Å²) in [6.45, 7) is 5.97. The molecule has 0 bridgehead atoms. The van der Waals surface area contributed by atoms with Gasteiger partial charge in [-0.25, -0.2) is 4.79 Å². The number of hydrogen-bond donors (Lipinski definition) is 1. The normalized spacial score (nSPS) is 21.0. The lowest BCUT2D eigenvalue weighted by Gasteiger charge is -2.26.